The molecular weight excluding hydrogens is 332 g/mol. The number of hydrogen-bond donors (Lipinski definition) is 0. The lowest BCUT2D eigenvalue weighted by Gasteiger charge is -2.39. The van der Waals surface area contributed by atoms with Crippen molar-refractivity contribution >= 4 is 17.7 Å². The van der Waals surface area contributed by atoms with Crippen molar-refractivity contribution in [2.75, 3.05) is 5.75 Å². The smallest absolute Gasteiger partial charge is 0.233 e. The Morgan fingerprint density at radius 1 is 1.16 bits per heavy atom. The minimum Gasteiger partial charge on any atom is -0.337 e. The molecule has 6 heteroatoms. The second-order valence-electron chi connectivity index (χ2n) is 6.95. The van der Waals surface area contributed by atoms with E-state index in [1.807, 2.05) is 16.5 Å². The number of hydrogen-bond acceptors (Lipinski definition) is 4. The van der Waals surface area contributed by atoms with Crippen molar-refractivity contribution < 1.29 is 4.79 Å². The Hall–Kier alpha value is -1.82. The van der Waals surface area contributed by atoms with Crippen LogP contribution < -0.4 is 0 Å². The molecule has 1 aliphatic heterocycles. The maximum atomic E-state index is 12.7. The summed E-state index contributed by atoms with van der Waals surface area (Å²) in [4.78, 5) is 14.7. The third-order valence-corrected chi connectivity index (χ3v) is 5.96. The number of amides is 1. The highest BCUT2D eigenvalue weighted by molar-refractivity contribution is 7.99. The fraction of sp³-hybridized carbons (Fsp3) is 0.526. The number of benzene rings is 1. The summed E-state index contributed by atoms with van der Waals surface area (Å²) in [6.07, 6.45) is 3.41. The molecule has 0 N–H and O–H groups in total. The molecule has 0 saturated carbocycles. The average Bonchev–Trinajstić information content (AvgIpc) is 2.94. The molecule has 0 radical (unpaired) electrons. The minimum atomic E-state index is 0.199. The largest absolute Gasteiger partial charge is 0.337 e. The van der Waals surface area contributed by atoms with Crippen LogP contribution in [0, 0.1) is 6.92 Å². The van der Waals surface area contributed by atoms with Crippen molar-refractivity contribution in [3.05, 3.63) is 29.8 Å². The highest BCUT2D eigenvalue weighted by atomic mass is 32.2. The molecule has 0 bridgehead atoms. The van der Waals surface area contributed by atoms with Gasteiger partial charge in [-0.05, 0) is 40.0 Å². The molecule has 2 aromatic rings. The summed E-state index contributed by atoms with van der Waals surface area (Å²) >= 11 is 1.47. The third kappa shape index (κ3) is 3.89. The van der Waals surface area contributed by atoms with E-state index in [0.29, 0.717) is 17.8 Å². The van der Waals surface area contributed by atoms with Gasteiger partial charge in [0.25, 0.3) is 0 Å². The molecule has 0 aliphatic carbocycles. The van der Waals surface area contributed by atoms with E-state index in [-0.39, 0.29) is 5.91 Å². The first-order valence-corrected chi connectivity index (χ1v) is 9.86. The van der Waals surface area contributed by atoms with Crippen LogP contribution in [0.15, 0.2) is 29.4 Å². The van der Waals surface area contributed by atoms with E-state index < -0.39 is 0 Å². The molecular formula is C19H26N4OS. The second kappa shape index (κ2) is 7.60. The Kier molecular flexibility index (Phi) is 5.47. The lowest BCUT2D eigenvalue weighted by Crippen LogP contribution is -2.48. The highest BCUT2D eigenvalue weighted by Gasteiger charge is 2.29. The first kappa shape index (κ1) is 18.0. The van der Waals surface area contributed by atoms with Gasteiger partial charge < -0.3 is 9.47 Å². The molecule has 1 aliphatic rings. The van der Waals surface area contributed by atoms with Crippen molar-refractivity contribution in [1.82, 2.24) is 19.7 Å². The lowest BCUT2D eigenvalue weighted by molar-refractivity contribution is -0.134. The summed E-state index contributed by atoms with van der Waals surface area (Å²) in [5, 5.41) is 9.36. The van der Waals surface area contributed by atoms with Crippen LogP contribution in [0.1, 0.15) is 38.7 Å². The lowest BCUT2D eigenvalue weighted by atomic mass is 9.98. The molecule has 0 unspecified atom stereocenters. The molecule has 1 aromatic carbocycles. The van der Waals surface area contributed by atoms with E-state index in [1.165, 1.54) is 23.7 Å². The van der Waals surface area contributed by atoms with E-state index >= 15 is 0 Å². The molecule has 3 rings (SSSR count). The van der Waals surface area contributed by atoms with Crippen LogP contribution in [0.4, 0.5) is 0 Å². The van der Waals surface area contributed by atoms with Crippen molar-refractivity contribution in [2.45, 2.75) is 57.3 Å². The monoisotopic (exact) mass is 358 g/mol. The summed E-state index contributed by atoms with van der Waals surface area (Å²) in [5.41, 5.74) is 2.26. The predicted octanol–water partition coefficient (Wildman–Crippen LogP) is 3.67. The number of aryl methyl sites for hydroxylation is 1. The molecule has 5 nitrogen and oxygen atoms in total. The van der Waals surface area contributed by atoms with E-state index in [0.717, 1.165) is 29.4 Å². The van der Waals surface area contributed by atoms with Gasteiger partial charge in [-0.15, -0.1) is 10.2 Å². The number of likely N-dealkylation sites (tertiary alicyclic amines) is 1. The zero-order valence-electron chi connectivity index (χ0n) is 15.4. The molecule has 1 saturated heterocycles. The van der Waals surface area contributed by atoms with Crippen LogP contribution in [0.3, 0.4) is 0 Å². The van der Waals surface area contributed by atoms with Crippen LogP contribution in [-0.4, -0.2) is 43.4 Å². The molecule has 2 atom stereocenters. The van der Waals surface area contributed by atoms with Gasteiger partial charge in [-0.25, -0.2) is 0 Å². The zero-order chi connectivity index (χ0) is 18.0. The van der Waals surface area contributed by atoms with Gasteiger partial charge in [0.15, 0.2) is 11.0 Å². The van der Waals surface area contributed by atoms with Gasteiger partial charge in [-0.1, -0.05) is 41.6 Å². The maximum Gasteiger partial charge on any atom is 0.233 e. The molecule has 0 spiro atoms. The van der Waals surface area contributed by atoms with Crippen molar-refractivity contribution in [3.63, 3.8) is 0 Å². The Morgan fingerprint density at radius 3 is 2.44 bits per heavy atom. The van der Waals surface area contributed by atoms with Gasteiger partial charge in [0.1, 0.15) is 0 Å². The van der Waals surface area contributed by atoms with Crippen LogP contribution >= 0.6 is 11.8 Å². The van der Waals surface area contributed by atoms with Gasteiger partial charge in [-0.2, -0.15) is 0 Å². The fourth-order valence-corrected chi connectivity index (χ4v) is 4.29. The molecule has 1 fully saturated rings. The number of piperidine rings is 1. The van der Waals surface area contributed by atoms with Gasteiger partial charge in [0, 0.05) is 24.7 Å². The molecule has 2 heterocycles. The summed E-state index contributed by atoms with van der Waals surface area (Å²) < 4.78 is 1.96. The highest BCUT2D eigenvalue weighted by Crippen LogP contribution is 2.26. The van der Waals surface area contributed by atoms with E-state index in [1.54, 1.807) is 0 Å². The Morgan fingerprint density at radius 2 is 1.80 bits per heavy atom. The number of carbonyl (C=O) groups excluding carboxylic acids is 1. The second-order valence-corrected chi connectivity index (χ2v) is 7.89. The number of thioether (sulfide) groups is 1. The molecule has 134 valence electrons. The first-order chi connectivity index (χ1) is 12.0. The number of rotatable bonds is 4. The van der Waals surface area contributed by atoms with Crippen LogP contribution in [-0.2, 0) is 11.8 Å². The SMILES string of the molecule is Cc1ccc(-c2nnc(SCC(=O)N3[C@H](C)CCC[C@@H]3C)n2C)cc1. The minimum absolute atomic E-state index is 0.199. The summed E-state index contributed by atoms with van der Waals surface area (Å²) in [6.45, 7) is 6.36. The molecule has 25 heavy (non-hydrogen) atoms. The van der Waals surface area contributed by atoms with Crippen LogP contribution in [0.25, 0.3) is 11.4 Å². The average molecular weight is 359 g/mol. The third-order valence-electron chi connectivity index (χ3n) is 4.95. The summed E-state index contributed by atoms with van der Waals surface area (Å²) in [5.74, 6) is 1.44. The predicted molar refractivity (Wildman–Crippen MR) is 102 cm³/mol. The van der Waals surface area contributed by atoms with Crippen molar-refractivity contribution in [1.29, 1.82) is 0 Å². The van der Waals surface area contributed by atoms with Gasteiger partial charge in [0.2, 0.25) is 5.91 Å². The molecule has 1 aromatic heterocycles. The van der Waals surface area contributed by atoms with Gasteiger partial charge >= 0.3 is 0 Å². The summed E-state index contributed by atoms with van der Waals surface area (Å²) in [6, 6.07) is 8.91. The zero-order valence-corrected chi connectivity index (χ0v) is 16.2. The number of aromatic nitrogens is 3. The fourth-order valence-electron chi connectivity index (χ4n) is 3.51. The Bertz CT molecular complexity index is 730. The number of carbonyl (C=O) groups is 1. The topological polar surface area (TPSA) is 51.0 Å². The quantitative estimate of drug-likeness (QED) is 0.783. The van der Waals surface area contributed by atoms with Crippen LogP contribution in [0.2, 0.25) is 0 Å². The molecule has 1 amide bonds. The van der Waals surface area contributed by atoms with E-state index in [9.17, 15) is 4.79 Å². The van der Waals surface area contributed by atoms with Crippen LogP contribution in [0.5, 0.6) is 0 Å². The van der Waals surface area contributed by atoms with Gasteiger partial charge in [-0.3, -0.25) is 4.79 Å². The van der Waals surface area contributed by atoms with E-state index in [2.05, 4.69) is 55.2 Å². The van der Waals surface area contributed by atoms with E-state index in [4.69, 9.17) is 0 Å². The normalized spacial score (nSPS) is 20.7. The summed E-state index contributed by atoms with van der Waals surface area (Å²) in [7, 11) is 1.95. The Labute approximate surface area is 153 Å². The maximum absolute atomic E-state index is 12.7. The number of nitrogens with zero attached hydrogens (tertiary/aromatic N) is 4. The van der Waals surface area contributed by atoms with Crippen molar-refractivity contribution in [2.24, 2.45) is 7.05 Å². The Balaban J connectivity index is 1.68. The first-order valence-electron chi connectivity index (χ1n) is 8.87. The van der Waals surface area contributed by atoms with Gasteiger partial charge in [0.05, 0.1) is 5.75 Å². The standard InChI is InChI=1S/C19H26N4OS/c1-13-8-10-16(11-9-13)18-20-21-19(22(18)4)25-12-17(24)23-14(2)6-5-7-15(23)3/h8-11,14-15H,5-7,12H2,1-4H3/t14-,15+. The van der Waals surface area contributed by atoms with Crippen molar-refractivity contribution in [3.8, 4) is 11.4 Å².